The first-order valence-electron chi connectivity index (χ1n) is 10.7. The zero-order valence-corrected chi connectivity index (χ0v) is 24.6. The predicted octanol–water partition coefficient (Wildman–Crippen LogP) is 8.85. The van der Waals surface area contributed by atoms with Crippen molar-refractivity contribution in [2.45, 2.75) is 34.2 Å². The van der Waals surface area contributed by atoms with Crippen LogP contribution in [-0.2, 0) is 6.54 Å². The van der Waals surface area contributed by atoms with E-state index in [0.29, 0.717) is 22.5 Å². The van der Waals surface area contributed by atoms with Gasteiger partial charge in [-0.05, 0) is 79.7 Å². The smallest absolute Gasteiger partial charge is 0.225 e. The Morgan fingerprint density at radius 2 is 1.39 bits per heavy atom. The molecule has 4 aromatic heterocycles. The second kappa shape index (κ2) is 11.2. The maximum absolute atomic E-state index is 6.16. The first-order valence-corrected chi connectivity index (χ1v) is 13.8. The Labute approximate surface area is 236 Å². The van der Waals surface area contributed by atoms with Gasteiger partial charge in [-0.25, -0.2) is 19.9 Å². The SMILES string of the molecule is COc1ccc(CNc2nc(Cl)nc3sc(C)c(C)c23)cc1Cl.Cc1sc2nc(Cl)nc(Cl)c2c1C. The Kier molecular flexibility index (Phi) is 8.44. The van der Waals surface area contributed by atoms with Crippen molar-refractivity contribution in [2.75, 3.05) is 12.4 Å². The van der Waals surface area contributed by atoms with Gasteiger partial charge in [0.25, 0.3) is 0 Å². The summed E-state index contributed by atoms with van der Waals surface area (Å²) in [7, 11) is 1.60. The van der Waals surface area contributed by atoms with Crippen molar-refractivity contribution in [1.82, 2.24) is 19.9 Å². The highest BCUT2D eigenvalue weighted by atomic mass is 35.5. The van der Waals surface area contributed by atoms with Gasteiger partial charge in [-0.2, -0.15) is 0 Å². The van der Waals surface area contributed by atoms with Gasteiger partial charge in [-0.3, -0.25) is 0 Å². The van der Waals surface area contributed by atoms with E-state index in [1.165, 1.54) is 15.3 Å². The minimum absolute atomic E-state index is 0.207. The fraction of sp³-hybridized carbons (Fsp3) is 0.250. The third-order valence-electron chi connectivity index (χ3n) is 5.63. The highest BCUT2D eigenvalue weighted by molar-refractivity contribution is 7.19. The van der Waals surface area contributed by atoms with E-state index in [4.69, 9.17) is 51.1 Å². The van der Waals surface area contributed by atoms with Gasteiger partial charge in [0, 0.05) is 16.3 Å². The van der Waals surface area contributed by atoms with Crippen LogP contribution in [0.3, 0.4) is 0 Å². The Morgan fingerprint density at radius 1 is 0.806 bits per heavy atom. The van der Waals surface area contributed by atoms with E-state index in [9.17, 15) is 0 Å². The van der Waals surface area contributed by atoms with E-state index in [-0.39, 0.29) is 10.6 Å². The summed E-state index contributed by atoms with van der Waals surface area (Å²) in [6.07, 6.45) is 0. The lowest BCUT2D eigenvalue weighted by atomic mass is 10.2. The standard InChI is InChI=1S/C16H15Cl2N3OS.C8H6Cl2N2S/c1-8-9(2)23-15-13(8)14(20-16(18)21-15)19-7-10-4-5-12(22-3)11(17)6-10;1-3-4(2)13-7-5(3)6(9)11-8(10)12-7/h4-6H,7H2,1-3H3,(H,19,20,21);1-2H3. The lowest BCUT2D eigenvalue weighted by Crippen LogP contribution is -2.03. The van der Waals surface area contributed by atoms with E-state index in [1.807, 2.05) is 32.0 Å². The van der Waals surface area contributed by atoms with E-state index in [1.54, 1.807) is 29.8 Å². The van der Waals surface area contributed by atoms with Crippen LogP contribution >= 0.6 is 69.1 Å². The van der Waals surface area contributed by atoms with Crippen molar-refractivity contribution in [3.8, 4) is 5.75 Å². The maximum atomic E-state index is 6.16. The average Bonchev–Trinajstić information content (AvgIpc) is 3.26. The largest absolute Gasteiger partial charge is 0.495 e. The summed E-state index contributed by atoms with van der Waals surface area (Å²) in [5, 5.41) is 6.76. The predicted molar refractivity (Wildman–Crippen MR) is 154 cm³/mol. The molecule has 1 N–H and O–H groups in total. The first-order chi connectivity index (χ1) is 17.1. The molecule has 0 bridgehead atoms. The molecule has 6 nitrogen and oxygen atoms in total. The average molecular weight is 601 g/mol. The summed E-state index contributed by atoms with van der Waals surface area (Å²) >= 11 is 27.0. The molecule has 12 heteroatoms. The van der Waals surface area contributed by atoms with Gasteiger partial charge in [0.15, 0.2) is 0 Å². The Hall–Kier alpha value is -1.94. The lowest BCUT2D eigenvalue weighted by molar-refractivity contribution is 0.415. The van der Waals surface area contributed by atoms with Crippen LogP contribution in [0.1, 0.15) is 26.4 Å². The molecule has 1 aromatic carbocycles. The number of aromatic nitrogens is 4. The van der Waals surface area contributed by atoms with Crippen molar-refractivity contribution in [2.24, 2.45) is 0 Å². The quantitative estimate of drug-likeness (QED) is 0.164. The summed E-state index contributed by atoms with van der Waals surface area (Å²) < 4.78 is 5.17. The topological polar surface area (TPSA) is 72.8 Å². The second-order valence-corrected chi connectivity index (χ2v) is 11.7. The normalized spacial score (nSPS) is 11.0. The number of benzene rings is 1. The number of thiophene rings is 2. The molecule has 0 aliphatic carbocycles. The van der Waals surface area contributed by atoms with Crippen LogP contribution in [0.15, 0.2) is 18.2 Å². The minimum atomic E-state index is 0.207. The molecule has 0 saturated heterocycles. The molecule has 0 aliphatic heterocycles. The summed E-state index contributed by atoms with van der Waals surface area (Å²) in [6.45, 7) is 8.77. The van der Waals surface area contributed by atoms with Crippen LogP contribution in [0.5, 0.6) is 5.75 Å². The number of nitrogens with one attached hydrogen (secondary N) is 1. The number of halogens is 4. The number of rotatable bonds is 4. The van der Waals surface area contributed by atoms with Gasteiger partial charge >= 0.3 is 0 Å². The summed E-state index contributed by atoms with van der Waals surface area (Å²) in [5.41, 5.74) is 3.35. The first kappa shape index (κ1) is 27.1. The van der Waals surface area contributed by atoms with Crippen molar-refractivity contribution in [3.63, 3.8) is 0 Å². The molecule has 0 fully saturated rings. The van der Waals surface area contributed by atoms with E-state index in [0.717, 1.165) is 37.4 Å². The van der Waals surface area contributed by atoms with E-state index < -0.39 is 0 Å². The maximum Gasteiger partial charge on any atom is 0.225 e. The minimum Gasteiger partial charge on any atom is -0.495 e. The molecule has 0 aliphatic rings. The highest BCUT2D eigenvalue weighted by Crippen LogP contribution is 2.35. The van der Waals surface area contributed by atoms with Crippen molar-refractivity contribution < 1.29 is 4.74 Å². The molecule has 0 amide bonds. The second-order valence-electron chi connectivity index (χ2n) is 7.87. The third kappa shape index (κ3) is 5.64. The highest BCUT2D eigenvalue weighted by Gasteiger charge is 2.14. The third-order valence-corrected chi connectivity index (χ3v) is 8.74. The number of aryl methyl sites for hydroxylation is 4. The van der Waals surface area contributed by atoms with Crippen LogP contribution in [0.25, 0.3) is 20.4 Å². The number of fused-ring (bicyclic) bond motifs is 2. The van der Waals surface area contributed by atoms with E-state index >= 15 is 0 Å². The van der Waals surface area contributed by atoms with Crippen molar-refractivity contribution >= 4 is 95.3 Å². The van der Waals surface area contributed by atoms with Gasteiger partial charge in [-0.15, -0.1) is 22.7 Å². The molecule has 5 rings (SSSR count). The molecule has 5 aromatic rings. The molecule has 36 heavy (non-hydrogen) atoms. The van der Waals surface area contributed by atoms with Crippen molar-refractivity contribution in [3.05, 3.63) is 65.4 Å². The molecular weight excluding hydrogens is 580 g/mol. The fourth-order valence-corrected chi connectivity index (χ4v) is 6.72. The summed E-state index contributed by atoms with van der Waals surface area (Å²) in [4.78, 5) is 20.8. The van der Waals surface area contributed by atoms with Crippen LogP contribution in [0, 0.1) is 27.7 Å². The molecular formula is C24H21Cl4N5OS2. The molecule has 0 saturated carbocycles. The van der Waals surface area contributed by atoms with Gasteiger partial charge in [0.2, 0.25) is 10.6 Å². The summed E-state index contributed by atoms with van der Waals surface area (Å²) in [6, 6.07) is 5.68. The van der Waals surface area contributed by atoms with Crippen LogP contribution < -0.4 is 10.1 Å². The lowest BCUT2D eigenvalue weighted by Gasteiger charge is -2.10. The van der Waals surface area contributed by atoms with Gasteiger partial charge in [0.05, 0.1) is 22.9 Å². The summed E-state index contributed by atoms with van der Waals surface area (Å²) in [5.74, 6) is 1.40. The number of anilines is 1. The van der Waals surface area contributed by atoms with Crippen LogP contribution in [-0.4, -0.2) is 27.0 Å². The Bertz CT molecular complexity index is 1580. The Morgan fingerprint density at radius 3 is 2.00 bits per heavy atom. The van der Waals surface area contributed by atoms with E-state index in [2.05, 4.69) is 39.1 Å². The van der Waals surface area contributed by atoms with Gasteiger partial charge in [0.1, 0.15) is 26.4 Å². The number of methoxy groups -OCH3 is 1. The zero-order chi connectivity index (χ0) is 26.1. The number of nitrogens with zero attached hydrogens (tertiary/aromatic N) is 4. The van der Waals surface area contributed by atoms with Crippen LogP contribution in [0.4, 0.5) is 5.82 Å². The number of hydrogen-bond acceptors (Lipinski definition) is 8. The number of hydrogen-bond donors (Lipinski definition) is 1. The molecule has 0 spiro atoms. The number of ether oxygens (including phenoxy) is 1. The van der Waals surface area contributed by atoms with Crippen LogP contribution in [0.2, 0.25) is 20.7 Å². The van der Waals surface area contributed by atoms with Gasteiger partial charge in [-0.1, -0.05) is 29.3 Å². The monoisotopic (exact) mass is 599 g/mol. The van der Waals surface area contributed by atoms with Crippen molar-refractivity contribution in [1.29, 1.82) is 0 Å². The Balaban J connectivity index is 0.000000197. The molecule has 188 valence electrons. The van der Waals surface area contributed by atoms with Gasteiger partial charge < -0.3 is 10.1 Å². The molecule has 0 atom stereocenters. The molecule has 0 radical (unpaired) electrons. The molecule has 4 heterocycles. The molecule has 0 unspecified atom stereocenters. The fourth-order valence-electron chi connectivity index (χ4n) is 3.53. The zero-order valence-electron chi connectivity index (χ0n) is 20.0.